The monoisotopic (exact) mass is 489 g/mol. The topological polar surface area (TPSA) is 97.0 Å². The van der Waals surface area contributed by atoms with Crippen LogP contribution in [0.15, 0.2) is 72.4 Å². The Morgan fingerprint density at radius 3 is 2.56 bits per heavy atom. The highest BCUT2D eigenvalue weighted by Crippen LogP contribution is 2.30. The van der Waals surface area contributed by atoms with E-state index in [0.29, 0.717) is 28.3 Å². The second-order valence-electron chi connectivity index (χ2n) is 8.12. The van der Waals surface area contributed by atoms with Crippen molar-refractivity contribution < 1.29 is 28.2 Å². The Morgan fingerprint density at radius 2 is 1.83 bits per heavy atom. The molecule has 1 saturated heterocycles. The van der Waals surface area contributed by atoms with Crippen LogP contribution in [0.4, 0.5) is 14.9 Å². The normalized spacial score (nSPS) is 14.1. The minimum atomic E-state index is -0.688. The molecule has 0 unspecified atom stereocenters. The standard InChI is InChI=1S/C27H24FN3O5/c1-17-6-9-21(10-7-17)29-25(32)15-31-26(33)22(30-27(31)34)13-18-8-11-23(24(14-18)35-2)36-16-19-4-3-5-20(28)12-19/h3-14H,15-16H2,1-2H3,(H,29,32)(H,30,34)/b22-13+. The first kappa shape index (κ1) is 24.5. The van der Waals surface area contributed by atoms with Crippen LogP contribution in [0, 0.1) is 12.7 Å². The number of hydrogen-bond acceptors (Lipinski definition) is 5. The van der Waals surface area contributed by atoms with Gasteiger partial charge in [0.2, 0.25) is 5.91 Å². The average molecular weight is 490 g/mol. The number of aryl methyl sites for hydroxylation is 1. The van der Waals surface area contributed by atoms with Crippen molar-refractivity contribution in [2.45, 2.75) is 13.5 Å². The number of carbonyl (C=O) groups is 3. The molecule has 0 saturated carbocycles. The molecular formula is C27H24FN3O5. The molecule has 1 heterocycles. The maximum Gasteiger partial charge on any atom is 0.329 e. The number of ether oxygens (including phenoxy) is 2. The van der Waals surface area contributed by atoms with Crippen molar-refractivity contribution in [1.82, 2.24) is 10.2 Å². The number of nitrogens with zero attached hydrogens (tertiary/aromatic N) is 1. The Labute approximate surface area is 207 Å². The largest absolute Gasteiger partial charge is 0.493 e. The second kappa shape index (κ2) is 10.7. The van der Waals surface area contributed by atoms with Crippen LogP contribution in [-0.4, -0.2) is 36.4 Å². The first-order valence-electron chi connectivity index (χ1n) is 11.1. The number of hydrogen-bond donors (Lipinski definition) is 2. The molecule has 184 valence electrons. The van der Waals surface area contributed by atoms with Crippen molar-refractivity contribution in [3.63, 3.8) is 0 Å². The van der Waals surface area contributed by atoms with Gasteiger partial charge in [-0.05, 0) is 60.5 Å². The second-order valence-corrected chi connectivity index (χ2v) is 8.12. The third-order valence-corrected chi connectivity index (χ3v) is 5.38. The number of amides is 4. The molecule has 0 bridgehead atoms. The van der Waals surface area contributed by atoms with E-state index < -0.39 is 24.4 Å². The Bertz CT molecular complexity index is 1340. The van der Waals surface area contributed by atoms with Crippen molar-refractivity contribution in [2.24, 2.45) is 0 Å². The highest BCUT2D eigenvalue weighted by Gasteiger charge is 2.35. The number of imide groups is 1. The minimum absolute atomic E-state index is 0.0265. The molecule has 0 spiro atoms. The van der Waals surface area contributed by atoms with Crippen LogP contribution < -0.4 is 20.1 Å². The summed E-state index contributed by atoms with van der Waals surface area (Å²) in [7, 11) is 1.47. The van der Waals surface area contributed by atoms with Crippen LogP contribution in [0.3, 0.4) is 0 Å². The number of benzene rings is 3. The fourth-order valence-electron chi connectivity index (χ4n) is 3.54. The van der Waals surface area contributed by atoms with Gasteiger partial charge < -0.3 is 20.1 Å². The molecule has 36 heavy (non-hydrogen) atoms. The summed E-state index contributed by atoms with van der Waals surface area (Å²) in [6.45, 7) is 1.64. The zero-order valence-electron chi connectivity index (χ0n) is 19.7. The first-order chi connectivity index (χ1) is 17.3. The molecule has 0 aromatic heterocycles. The molecule has 0 atom stereocenters. The molecule has 1 aliphatic heterocycles. The highest BCUT2D eigenvalue weighted by molar-refractivity contribution is 6.15. The summed E-state index contributed by atoms with van der Waals surface area (Å²) in [5, 5.41) is 5.16. The molecule has 4 amide bonds. The van der Waals surface area contributed by atoms with E-state index in [1.807, 2.05) is 19.1 Å². The van der Waals surface area contributed by atoms with Gasteiger partial charge in [-0.3, -0.25) is 9.59 Å². The van der Waals surface area contributed by atoms with Crippen LogP contribution in [0.5, 0.6) is 11.5 Å². The van der Waals surface area contributed by atoms with Gasteiger partial charge in [0.25, 0.3) is 5.91 Å². The maximum atomic E-state index is 13.4. The van der Waals surface area contributed by atoms with Crippen LogP contribution >= 0.6 is 0 Å². The Morgan fingerprint density at radius 1 is 1.06 bits per heavy atom. The van der Waals surface area contributed by atoms with Crippen molar-refractivity contribution in [3.05, 3.63) is 94.9 Å². The SMILES string of the molecule is COc1cc(/C=C2/NC(=O)N(CC(=O)Nc3ccc(C)cc3)C2=O)ccc1OCc1cccc(F)c1. The van der Waals surface area contributed by atoms with E-state index in [4.69, 9.17) is 9.47 Å². The molecular weight excluding hydrogens is 465 g/mol. The molecule has 3 aromatic rings. The van der Waals surface area contributed by atoms with Gasteiger partial charge in [0.15, 0.2) is 11.5 Å². The fraction of sp³-hybridized carbons (Fsp3) is 0.148. The molecule has 0 aliphatic carbocycles. The third-order valence-electron chi connectivity index (χ3n) is 5.38. The van der Waals surface area contributed by atoms with Crippen molar-refractivity contribution in [3.8, 4) is 11.5 Å². The molecule has 4 rings (SSSR count). The summed E-state index contributed by atoms with van der Waals surface area (Å²) < 4.78 is 24.5. The van der Waals surface area contributed by atoms with Crippen molar-refractivity contribution >= 4 is 29.6 Å². The van der Waals surface area contributed by atoms with E-state index in [9.17, 15) is 18.8 Å². The predicted octanol–water partition coefficient (Wildman–Crippen LogP) is 4.25. The van der Waals surface area contributed by atoms with Gasteiger partial charge in [-0.25, -0.2) is 14.1 Å². The van der Waals surface area contributed by atoms with E-state index in [1.54, 1.807) is 42.5 Å². The summed E-state index contributed by atoms with van der Waals surface area (Å²) in [6.07, 6.45) is 1.48. The minimum Gasteiger partial charge on any atom is -0.493 e. The highest BCUT2D eigenvalue weighted by atomic mass is 19.1. The number of methoxy groups -OCH3 is 1. The Hall–Kier alpha value is -4.66. The lowest BCUT2D eigenvalue weighted by molar-refractivity contribution is -0.127. The van der Waals surface area contributed by atoms with Gasteiger partial charge in [0.1, 0.15) is 24.7 Å². The van der Waals surface area contributed by atoms with Gasteiger partial charge in [-0.1, -0.05) is 35.9 Å². The van der Waals surface area contributed by atoms with Crippen molar-refractivity contribution in [1.29, 1.82) is 0 Å². The lowest BCUT2D eigenvalue weighted by Gasteiger charge is -2.12. The summed E-state index contributed by atoms with van der Waals surface area (Å²) in [6, 6.07) is 17.5. The van der Waals surface area contributed by atoms with E-state index in [-0.39, 0.29) is 18.1 Å². The van der Waals surface area contributed by atoms with E-state index in [1.165, 1.54) is 25.3 Å². The van der Waals surface area contributed by atoms with E-state index >= 15 is 0 Å². The molecule has 1 fully saturated rings. The summed E-state index contributed by atoms with van der Waals surface area (Å²) in [4.78, 5) is 38.3. The predicted molar refractivity (Wildman–Crippen MR) is 132 cm³/mol. The molecule has 1 aliphatic rings. The smallest absolute Gasteiger partial charge is 0.329 e. The van der Waals surface area contributed by atoms with Crippen LogP contribution in [-0.2, 0) is 16.2 Å². The number of rotatable bonds is 8. The summed E-state index contributed by atoms with van der Waals surface area (Å²) in [5.41, 5.74) is 2.87. The lowest BCUT2D eigenvalue weighted by Crippen LogP contribution is -2.38. The van der Waals surface area contributed by atoms with E-state index in [0.717, 1.165) is 10.5 Å². The van der Waals surface area contributed by atoms with Crippen molar-refractivity contribution in [2.75, 3.05) is 19.0 Å². The Balaban J connectivity index is 1.42. The number of halogens is 1. The van der Waals surface area contributed by atoms with Crippen LogP contribution in [0.2, 0.25) is 0 Å². The van der Waals surface area contributed by atoms with Gasteiger partial charge in [0.05, 0.1) is 7.11 Å². The maximum absolute atomic E-state index is 13.4. The van der Waals surface area contributed by atoms with Gasteiger partial charge in [-0.2, -0.15) is 0 Å². The zero-order chi connectivity index (χ0) is 25.7. The third kappa shape index (κ3) is 5.87. The molecule has 2 N–H and O–H groups in total. The zero-order valence-corrected chi connectivity index (χ0v) is 19.7. The van der Waals surface area contributed by atoms with Gasteiger partial charge >= 0.3 is 6.03 Å². The number of carbonyl (C=O) groups excluding carboxylic acids is 3. The number of nitrogens with one attached hydrogen (secondary N) is 2. The molecule has 0 radical (unpaired) electrons. The van der Waals surface area contributed by atoms with Crippen LogP contribution in [0.25, 0.3) is 6.08 Å². The van der Waals surface area contributed by atoms with Gasteiger partial charge in [0, 0.05) is 5.69 Å². The first-order valence-corrected chi connectivity index (χ1v) is 11.1. The summed E-state index contributed by atoms with van der Waals surface area (Å²) >= 11 is 0. The molecule has 8 nitrogen and oxygen atoms in total. The lowest BCUT2D eigenvalue weighted by atomic mass is 10.1. The fourth-order valence-corrected chi connectivity index (χ4v) is 3.54. The summed E-state index contributed by atoms with van der Waals surface area (Å²) in [5.74, 6) is -0.642. The number of anilines is 1. The van der Waals surface area contributed by atoms with Gasteiger partial charge in [-0.15, -0.1) is 0 Å². The Kier molecular flexibility index (Phi) is 7.29. The number of urea groups is 1. The molecule has 3 aromatic carbocycles. The quantitative estimate of drug-likeness (QED) is 0.364. The van der Waals surface area contributed by atoms with Crippen LogP contribution in [0.1, 0.15) is 16.7 Å². The molecule has 9 heteroatoms. The van der Waals surface area contributed by atoms with E-state index in [2.05, 4.69) is 10.6 Å². The average Bonchev–Trinajstić information content (AvgIpc) is 3.11.